The molecule has 1 N–H and O–H groups in total. The average Bonchev–Trinajstić information content (AvgIpc) is 2.83. The zero-order chi connectivity index (χ0) is 28.1. The van der Waals surface area contributed by atoms with Gasteiger partial charge < -0.3 is 33.3 Å². The van der Waals surface area contributed by atoms with Crippen LogP contribution in [0.3, 0.4) is 0 Å². The minimum Gasteiger partial charge on any atom is -0.379 e. The van der Waals surface area contributed by atoms with Crippen LogP contribution in [-0.2, 0) is 42.0 Å². The number of phosphoric ester groups is 1. The summed E-state index contributed by atoms with van der Waals surface area (Å²) >= 11 is 0. The molecular formula is C26H55O10P. The highest BCUT2D eigenvalue weighted by atomic mass is 31.2. The topological polar surface area (TPSA) is 111 Å². The molecule has 0 rings (SSSR count). The van der Waals surface area contributed by atoms with Crippen LogP contribution in [0.1, 0.15) is 81.1 Å². The predicted molar refractivity (Wildman–Crippen MR) is 144 cm³/mol. The van der Waals surface area contributed by atoms with Crippen LogP contribution < -0.4 is 0 Å². The first-order chi connectivity index (χ1) is 17.5. The van der Waals surface area contributed by atoms with Crippen molar-refractivity contribution in [2.45, 2.75) is 118 Å². The van der Waals surface area contributed by atoms with E-state index in [1.165, 1.54) is 0 Å². The molecule has 0 saturated carbocycles. The van der Waals surface area contributed by atoms with Crippen LogP contribution in [0, 0.1) is 0 Å². The molecule has 0 radical (unpaired) electrons. The van der Waals surface area contributed by atoms with Crippen molar-refractivity contribution in [2.75, 3.05) is 52.9 Å². The van der Waals surface area contributed by atoms with E-state index in [0.717, 1.165) is 38.9 Å². The minimum absolute atomic E-state index is 0.0337. The van der Waals surface area contributed by atoms with Crippen LogP contribution in [-0.4, -0.2) is 94.4 Å². The number of ether oxygens (including phenoxy) is 6. The molecule has 0 aliphatic heterocycles. The fraction of sp³-hybridized carbons (Fsp3) is 1.00. The van der Waals surface area contributed by atoms with E-state index in [1.54, 1.807) is 13.8 Å². The van der Waals surface area contributed by atoms with Gasteiger partial charge in [-0.25, -0.2) is 4.57 Å². The van der Waals surface area contributed by atoms with E-state index in [9.17, 15) is 9.46 Å². The monoisotopic (exact) mass is 558 g/mol. The van der Waals surface area contributed by atoms with Gasteiger partial charge in [0.15, 0.2) is 0 Å². The summed E-state index contributed by atoms with van der Waals surface area (Å²) in [6, 6.07) is 0. The van der Waals surface area contributed by atoms with E-state index < -0.39 is 20.0 Å². The van der Waals surface area contributed by atoms with E-state index in [1.807, 2.05) is 27.7 Å². The molecule has 0 spiro atoms. The van der Waals surface area contributed by atoms with Crippen LogP contribution in [0.15, 0.2) is 0 Å². The van der Waals surface area contributed by atoms with E-state index in [2.05, 4.69) is 13.8 Å². The van der Waals surface area contributed by atoms with Crippen LogP contribution in [0.4, 0.5) is 0 Å². The Balaban J connectivity index is 4.05. The van der Waals surface area contributed by atoms with Crippen molar-refractivity contribution >= 4 is 7.82 Å². The molecule has 224 valence electrons. The molecule has 0 saturated heterocycles. The van der Waals surface area contributed by atoms with Gasteiger partial charge in [-0.2, -0.15) is 0 Å². The van der Waals surface area contributed by atoms with Crippen LogP contribution >= 0.6 is 7.82 Å². The molecule has 0 fully saturated rings. The van der Waals surface area contributed by atoms with Gasteiger partial charge in [0.1, 0.15) is 0 Å². The van der Waals surface area contributed by atoms with Gasteiger partial charge in [0.25, 0.3) is 0 Å². The summed E-state index contributed by atoms with van der Waals surface area (Å²) in [5, 5.41) is 0. The van der Waals surface area contributed by atoms with Crippen LogP contribution in [0.2, 0.25) is 0 Å². The molecule has 11 heteroatoms. The summed E-state index contributed by atoms with van der Waals surface area (Å²) in [7, 11) is -4.28. The number of hydrogen-bond donors (Lipinski definition) is 1. The highest BCUT2D eigenvalue weighted by molar-refractivity contribution is 7.47. The molecule has 0 aliphatic rings. The molecule has 0 heterocycles. The molecule has 0 aromatic heterocycles. The second kappa shape index (κ2) is 22.7. The SMILES string of the molecule is CCCCOCC(C)OCC(C)OCC(C)OP(=O)(O)OC(C)COC(C)COC(C)COCCCC. The zero-order valence-electron chi connectivity index (χ0n) is 24.5. The third-order valence-electron chi connectivity index (χ3n) is 5.08. The van der Waals surface area contributed by atoms with E-state index in [0.29, 0.717) is 26.4 Å². The van der Waals surface area contributed by atoms with Crippen molar-refractivity contribution < 1.29 is 46.9 Å². The Morgan fingerprint density at radius 3 is 1.16 bits per heavy atom. The highest BCUT2D eigenvalue weighted by Gasteiger charge is 2.28. The normalized spacial score (nSPS) is 18.6. The molecular weight excluding hydrogens is 503 g/mol. The maximum absolute atomic E-state index is 12.4. The lowest BCUT2D eigenvalue weighted by Crippen LogP contribution is -2.27. The first kappa shape index (κ1) is 36.9. The van der Waals surface area contributed by atoms with Crippen molar-refractivity contribution in [3.05, 3.63) is 0 Å². The van der Waals surface area contributed by atoms with E-state index in [-0.39, 0.29) is 37.6 Å². The Kier molecular flexibility index (Phi) is 22.6. The largest absolute Gasteiger partial charge is 0.472 e. The highest BCUT2D eigenvalue weighted by Crippen LogP contribution is 2.45. The molecule has 10 nitrogen and oxygen atoms in total. The third-order valence-corrected chi connectivity index (χ3v) is 6.33. The van der Waals surface area contributed by atoms with Gasteiger partial charge in [-0.15, -0.1) is 0 Å². The van der Waals surface area contributed by atoms with Crippen LogP contribution in [0.25, 0.3) is 0 Å². The second-order valence-electron chi connectivity index (χ2n) is 9.73. The van der Waals surface area contributed by atoms with Gasteiger partial charge in [-0.05, 0) is 54.4 Å². The molecule has 0 aliphatic carbocycles. The maximum Gasteiger partial charge on any atom is 0.472 e. The van der Waals surface area contributed by atoms with Gasteiger partial charge in [0.05, 0.1) is 76.3 Å². The first-order valence-corrected chi connectivity index (χ1v) is 15.3. The summed E-state index contributed by atoms with van der Waals surface area (Å²) in [6.45, 7) is 18.8. The van der Waals surface area contributed by atoms with E-state index >= 15 is 0 Å². The molecule has 6 atom stereocenters. The third kappa shape index (κ3) is 23.5. The quantitative estimate of drug-likeness (QED) is 0.113. The fourth-order valence-corrected chi connectivity index (χ4v) is 4.00. The molecule has 37 heavy (non-hydrogen) atoms. The number of hydrogen-bond acceptors (Lipinski definition) is 9. The summed E-state index contributed by atoms with van der Waals surface area (Å²) in [5.41, 5.74) is 0. The second-order valence-corrected chi connectivity index (χ2v) is 11.1. The summed E-state index contributed by atoms with van der Waals surface area (Å²) < 4.78 is 56.7. The van der Waals surface area contributed by atoms with E-state index in [4.69, 9.17) is 37.5 Å². The van der Waals surface area contributed by atoms with Crippen molar-refractivity contribution in [3.8, 4) is 0 Å². The Morgan fingerprint density at radius 1 is 0.541 bits per heavy atom. The molecule has 0 aromatic carbocycles. The predicted octanol–water partition coefficient (Wildman–Crippen LogP) is 5.15. The molecule has 0 bridgehead atoms. The minimum atomic E-state index is -4.28. The number of rotatable bonds is 26. The Morgan fingerprint density at radius 2 is 0.838 bits per heavy atom. The Bertz CT molecular complexity index is 523. The van der Waals surface area contributed by atoms with Gasteiger partial charge in [0, 0.05) is 13.2 Å². The first-order valence-electron chi connectivity index (χ1n) is 13.8. The average molecular weight is 559 g/mol. The smallest absolute Gasteiger partial charge is 0.379 e. The maximum atomic E-state index is 12.4. The summed E-state index contributed by atoms with van der Waals surface area (Å²) in [4.78, 5) is 10.1. The standard InChI is InChI=1S/C26H55O10P/c1-9-11-13-29-15-21(3)31-17-23(5)33-19-25(7)35-37(27,28)36-26(8)20-34-24(6)18-32-22(4)16-30-14-12-10-2/h21-26H,9-20H2,1-8H3,(H,27,28). The number of phosphoric acid groups is 1. The fourth-order valence-electron chi connectivity index (χ4n) is 2.92. The van der Waals surface area contributed by atoms with Gasteiger partial charge in [-0.3, -0.25) is 9.05 Å². The molecule has 0 amide bonds. The van der Waals surface area contributed by atoms with Crippen molar-refractivity contribution in [2.24, 2.45) is 0 Å². The van der Waals surface area contributed by atoms with Crippen LogP contribution in [0.5, 0.6) is 0 Å². The lowest BCUT2D eigenvalue weighted by molar-refractivity contribution is -0.0765. The van der Waals surface area contributed by atoms with Gasteiger partial charge in [-0.1, -0.05) is 26.7 Å². The molecule has 0 aromatic rings. The Hall–Kier alpha value is -0.130. The van der Waals surface area contributed by atoms with Crippen molar-refractivity contribution in [3.63, 3.8) is 0 Å². The summed E-state index contributed by atoms with van der Waals surface area (Å²) in [5.74, 6) is 0. The lowest BCUT2D eigenvalue weighted by Gasteiger charge is -2.23. The number of unbranched alkanes of at least 4 members (excludes halogenated alkanes) is 2. The molecule has 6 unspecified atom stereocenters. The lowest BCUT2D eigenvalue weighted by atomic mass is 10.3. The zero-order valence-corrected chi connectivity index (χ0v) is 25.4. The van der Waals surface area contributed by atoms with Gasteiger partial charge >= 0.3 is 7.82 Å². The van der Waals surface area contributed by atoms with Crippen molar-refractivity contribution in [1.82, 2.24) is 0 Å². The van der Waals surface area contributed by atoms with Crippen molar-refractivity contribution in [1.29, 1.82) is 0 Å². The Labute approximate surface area is 225 Å². The van der Waals surface area contributed by atoms with Gasteiger partial charge in [0.2, 0.25) is 0 Å². The summed E-state index contributed by atoms with van der Waals surface area (Å²) in [6.07, 6.45) is 2.51.